The Morgan fingerprint density at radius 3 is 2.59 bits per heavy atom. The second-order valence-corrected chi connectivity index (χ2v) is 6.09. The largest absolute Gasteiger partial charge is 0.396 e. The Morgan fingerprint density at radius 2 is 2.06 bits per heavy atom. The molecule has 0 saturated heterocycles. The molecule has 1 aromatic rings. The number of hydrogen-bond donors (Lipinski definition) is 1. The molecule has 3 heteroatoms. The first-order chi connectivity index (χ1) is 8.01. The van der Waals surface area contributed by atoms with Crippen LogP contribution in [-0.4, -0.2) is 21.3 Å². The Balaban J connectivity index is 2.29. The molecule has 0 unspecified atom stereocenters. The Hall–Kier alpha value is -0.830. The molecule has 0 radical (unpaired) electrons. The summed E-state index contributed by atoms with van der Waals surface area (Å²) < 4.78 is 2.12. The molecule has 0 aliphatic heterocycles. The van der Waals surface area contributed by atoms with E-state index < -0.39 is 0 Å². The van der Waals surface area contributed by atoms with E-state index in [4.69, 9.17) is 5.11 Å². The molecule has 0 bridgehead atoms. The van der Waals surface area contributed by atoms with E-state index >= 15 is 0 Å². The molecule has 98 valence electrons. The topological polar surface area (TPSA) is 38.0 Å². The van der Waals surface area contributed by atoms with Crippen LogP contribution in [0.2, 0.25) is 0 Å². The lowest BCUT2D eigenvalue weighted by Crippen LogP contribution is -2.15. The van der Waals surface area contributed by atoms with Gasteiger partial charge in [-0.05, 0) is 37.0 Å². The molecule has 3 nitrogen and oxygen atoms in total. The summed E-state index contributed by atoms with van der Waals surface area (Å²) in [5.74, 6) is 0.642. The van der Waals surface area contributed by atoms with Crippen molar-refractivity contribution in [3.05, 3.63) is 18.7 Å². The SMILES string of the molecule is CC(C)(C)C[C@@H](CCO)CCCn1ccnc1. The van der Waals surface area contributed by atoms with Crippen LogP contribution in [0.5, 0.6) is 0 Å². The van der Waals surface area contributed by atoms with Gasteiger partial charge >= 0.3 is 0 Å². The van der Waals surface area contributed by atoms with Crippen molar-refractivity contribution in [3.8, 4) is 0 Å². The predicted molar refractivity (Wildman–Crippen MR) is 70.7 cm³/mol. The Bertz CT molecular complexity index is 288. The van der Waals surface area contributed by atoms with E-state index in [0.717, 1.165) is 19.4 Å². The van der Waals surface area contributed by atoms with Crippen molar-refractivity contribution in [2.24, 2.45) is 11.3 Å². The molecule has 1 rings (SSSR count). The van der Waals surface area contributed by atoms with Gasteiger partial charge in [0.25, 0.3) is 0 Å². The highest BCUT2D eigenvalue weighted by molar-refractivity contribution is 4.75. The normalized spacial score (nSPS) is 13.9. The number of aliphatic hydroxyl groups excluding tert-OH is 1. The summed E-state index contributed by atoms with van der Waals surface area (Å²) in [4.78, 5) is 4.04. The third-order valence-electron chi connectivity index (χ3n) is 3.03. The van der Waals surface area contributed by atoms with Gasteiger partial charge in [0.2, 0.25) is 0 Å². The summed E-state index contributed by atoms with van der Waals surface area (Å²) >= 11 is 0. The fourth-order valence-electron chi connectivity index (χ4n) is 2.38. The third kappa shape index (κ3) is 6.47. The van der Waals surface area contributed by atoms with Crippen LogP contribution in [0.3, 0.4) is 0 Å². The summed E-state index contributed by atoms with van der Waals surface area (Å²) in [5, 5.41) is 9.10. The number of aryl methyl sites for hydroxylation is 1. The summed E-state index contributed by atoms with van der Waals surface area (Å²) in [7, 11) is 0. The minimum Gasteiger partial charge on any atom is -0.396 e. The van der Waals surface area contributed by atoms with E-state index in [-0.39, 0.29) is 0 Å². The van der Waals surface area contributed by atoms with Gasteiger partial charge in [0, 0.05) is 25.5 Å². The molecular formula is C14H26N2O. The lowest BCUT2D eigenvalue weighted by Gasteiger charge is -2.25. The summed E-state index contributed by atoms with van der Waals surface area (Å²) in [6.45, 7) is 8.16. The smallest absolute Gasteiger partial charge is 0.0945 e. The number of aliphatic hydroxyl groups is 1. The predicted octanol–water partition coefficient (Wildman–Crippen LogP) is 3.10. The van der Waals surface area contributed by atoms with E-state index in [0.29, 0.717) is 17.9 Å². The lowest BCUT2D eigenvalue weighted by atomic mass is 9.81. The molecular weight excluding hydrogens is 212 g/mol. The van der Waals surface area contributed by atoms with Gasteiger partial charge in [-0.2, -0.15) is 0 Å². The van der Waals surface area contributed by atoms with Gasteiger partial charge in [-0.15, -0.1) is 0 Å². The van der Waals surface area contributed by atoms with Crippen molar-refractivity contribution in [2.45, 2.75) is 53.0 Å². The monoisotopic (exact) mass is 238 g/mol. The van der Waals surface area contributed by atoms with E-state index in [2.05, 4.69) is 30.3 Å². The fraction of sp³-hybridized carbons (Fsp3) is 0.786. The van der Waals surface area contributed by atoms with Crippen molar-refractivity contribution in [2.75, 3.05) is 6.61 Å². The molecule has 1 atom stereocenters. The quantitative estimate of drug-likeness (QED) is 0.792. The van der Waals surface area contributed by atoms with Gasteiger partial charge in [0.1, 0.15) is 0 Å². The second kappa shape index (κ2) is 6.80. The minimum atomic E-state index is 0.311. The van der Waals surface area contributed by atoms with Gasteiger partial charge in [-0.25, -0.2) is 4.98 Å². The maximum atomic E-state index is 9.10. The molecule has 0 aliphatic carbocycles. The van der Waals surface area contributed by atoms with Crippen molar-refractivity contribution in [3.63, 3.8) is 0 Å². The highest BCUT2D eigenvalue weighted by atomic mass is 16.3. The van der Waals surface area contributed by atoms with Crippen molar-refractivity contribution in [1.82, 2.24) is 9.55 Å². The molecule has 0 aliphatic rings. The Labute approximate surface area is 105 Å². The maximum Gasteiger partial charge on any atom is 0.0945 e. The number of imidazole rings is 1. The number of hydrogen-bond acceptors (Lipinski definition) is 2. The Morgan fingerprint density at radius 1 is 1.29 bits per heavy atom. The van der Waals surface area contributed by atoms with Crippen molar-refractivity contribution >= 4 is 0 Å². The van der Waals surface area contributed by atoms with Crippen LogP contribution in [0.15, 0.2) is 18.7 Å². The van der Waals surface area contributed by atoms with Gasteiger partial charge in [0.15, 0.2) is 0 Å². The van der Waals surface area contributed by atoms with Crippen LogP contribution in [0.4, 0.5) is 0 Å². The van der Waals surface area contributed by atoms with E-state index in [1.807, 2.05) is 18.7 Å². The molecule has 1 heterocycles. The zero-order valence-electron chi connectivity index (χ0n) is 11.4. The highest BCUT2D eigenvalue weighted by Crippen LogP contribution is 2.29. The van der Waals surface area contributed by atoms with Gasteiger partial charge in [-0.3, -0.25) is 0 Å². The Kier molecular flexibility index (Phi) is 5.69. The molecule has 0 saturated carbocycles. The van der Waals surface area contributed by atoms with Crippen LogP contribution in [0.25, 0.3) is 0 Å². The second-order valence-electron chi connectivity index (χ2n) is 6.09. The molecule has 1 N–H and O–H groups in total. The number of aromatic nitrogens is 2. The van der Waals surface area contributed by atoms with E-state index in [1.54, 1.807) is 0 Å². The molecule has 1 aromatic heterocycles. The zero-order chi connectivity index (χ0) is 12.7. The number of rotatable bonds is 7. The van der Waals surface area contributed by atoms with Crippen molar-refractivity contribution in [1.29, 1.82) is 0 Å². The molecule has 17 heavy (non-hydrogen) atoms. The van der Waals surface area contributed by atoms with Crippen LogP contribution in [-0.2, 0) is 6.54 Å². The van der Waals surface area contributed by atoms with Gasteiger partial charge in [0.05, 0.1) is 6.33 Å². The van der Waals surface area contributed by atoms with E-state index in [9.17, 15) is 0 Å². The highest BCUT2D eigenvalue weighted by Gasteiger charge is 2.18. The van der Waals surface area contributed by atoms with E-state index in [1.165, 1.54) is 12.8 Å². The number of nitrogens with zero attached hydrogens (tertiary/aromatic N) is 2. The third-order valence-corrected chi connectivity index (χ3v) is 3.03. The summed E-state index contributed by atoms with van der Waals surface area (Å²) in [5.41, 5.74) is 0.356. The van der Waals surface area contributed by atoms with Crippen LogP contribution < -0.4 is 0 Å². The first-order valence-electron chi connectivity index (χ1n) is 6.58. The summed E-state index contributed by atoms with van der Waals surface area (Å²) in [6.07, 6.45) is 10.2. The van der Waals surface area contributed by atoms with Crippen LogP contribution >= 0.6 is 0 Å². The molecule has 0 aromatic carbocycles. The fourth-order valence-corrected chi connectivity index (χ4v) is 2.38. The average molecular weight is 238 g/mol. The first kappa shape index (κ1) is 14.2. The molecule has 0 amide bonds. The standard InChI is InChI=1S/C14H26N2O/c1-14(2,3)11-13(6-10-17)5-4-8-16-9-7-15-12-16/h7,9,12-13,17H,4-6,8,10-11H2,1-3H3/t13-/m1/s1. The average Bonchev–Trinajstić information content (AvgIpc) is 2.68. The van der Waals surface area contributed by atoms with Crippen LogP contribution in [0, 0.1) is 11.3 Å². The summed E-state index contributed by atoms with van der Waals surface area (Å²) in [6, 6.07) is 0. The lowest BCUT2D eigenvalue weighted by molar-refractivity contribution is 0.207. The van der Waals surface area contributed by atoms with Crippen molar-refractivity contribution < 1.29 is 5.11 Å². The first-order valence-corrected chi connectivity index (χ1v) is 6.58. The van der Waals surface area contributed by atoms with Gasteiger partial charge in [-0.1, -0.05) is 20.8 Å². The van der Waals surface area contributed by atoms with Crippen LogP contribution in [0.1, 0.15) is 46.5 Å². The molecule has 0 spiro atoms. The van der Waals surface area contributed by atoms with Gasteiger partial charge < -0.3 is 9.67 Å². The minimum absolute atomic E-state index is 0.311. The zero-order valence-corrected chi connectivity index (χ0v) is 11.4. The maximum absolute atomic E-state index is 9.10. The molecule has 0 fully saturated rings.